The molecule has 2 aliphatic rings. The fourth-order valence-electron chi connectivity index (χ4n) is 2.53. The summed E-state index contributed by atoms with van der Waals surface area (Å²) in [5.74, 6) is -0.575. The number of aliphatic carboxylic acids is 1. The van der Waals surface area contributed by atoms with Gasteiger partial charge in [0.25, 0.3) is 0 Å². The predicted octanol–water partition coefficient (Wildman–Crippen LogP) is 1.37. The summed E-state index contributed by atoms with van der Waals surface area (Å²) in [6, 6.07) is 0. The Kier molecular flexibility index (Phi) is 3.42. The van der Waals surface area contributed by atoms with Crippen LogP contribution in [0.3, 0.4) is 0 Å². The topological polar surface area (TPSA) is 67.8 Å². The van der Waals surface area contributed by atoms with Crippen LogP contribution >= 0.6 is 0 Å². The molecule has 4 unspecified atom stereocenters. The van der Waals surface area contributed by atoms with E-state index >= 15 is 0 Å². The summed E-state index contributed by atoms with van der Waals surface area (Å²) < 4.78 is 11.2. The first-order valence-electron chi connectivity index (χ1n) is 6.59. The number of hydrogen-bond acceptors (Lipinski definition) is 4. The lowest BCUT2D eigenvalue weighted by molar-refractivity contribution is -0.236. The molecule has 1 aliphatic carbocycles. The van der Waals surface area contributed by atoms with Crippen LogP contribution in [0, 0.1) is 5.92 Å². The molecule has 1 heterocycles. The summed E-state index contributed by atoms with van der Waals surface area (Å²) in [6.45, 7) is 8.51. The fraction of sp³-hybridized carbons (Fsp3) is 0.923. The SMILES string of the molecule is CCC1CC1(NC1OCC1OC(C)(C)C)C(=O)O. The minimum Gasteiger partial charge on any atom is -0.480 e. The molecule has 5 nitrogen and oxygen atoms in total. The number of rotatable bonds is 5. The predicted molar refractivity (Wildman–Crippen MR) is 66.3 cm³/mol. The number of hydrogen-bond donors (Lipinski definition) is 2. The molecular weight excluding hydrogens is 234 g/mol. The van der Waals surface area contributed by atoms with E-state index in [1.54, 1.807) is 0 Å². The standard InChI is InChI=1S/C13H23NO4/c1-5-8-6-13(8,11(15)16)14-10-9(7-17-10)18-12(2,3)4/h8-10,14H,5-7H2,1-4H3,(H,15,16). The third-order valence-corrected chi connectivity index (χ3v) is 3.66. The molecule has 4 atom stereocenters. The smallest absolute Gasteiger partial charge is 0.324 e. The lowest BCUT2D eigenvalue weighted by Gasteiger charge is -2.42. The number of ether oxygens (including phenoxy) is 2. The Morgan fingerprint density at radius 3 is 2.56 bits per heavy atom. The zero-order valence-electron chi connectivity index (χ0n) is 11.5. The van der Waals surface area contributed by atoms with E-state index in [0.29, 0.717) is 13.0 Å². The number of carboxylic acids is 1. The van der Waals surface area contributed by atoms with Gasteiger partial charge < -0.3 is 14.6 Å². The van der Waals surface area contributed by atoms with Crippen molar-refractivity contribution in [2.24, 2.45) is 5.92 Å². The van der Waals surface area contributed by atoms with Crippen molar-refractivity contribution < 1.29 is 19.4 Å². The van der Waals surface area contributed by atoms with Gasteiger partial charge in [0.15, 0.2) is 0 Å². The average Bonchev–Trinajstić information content (AvgIpc) is 2.95. The quantitative estimate of drug-likeness (QED) is 0.778. The maximum atomic E-state index is 11.4. The zero-order chi connectivity index (χ0) is 13.6. The Morgan fingerprint density at radius 2 is 2.22 bits per heavy atom. The van der Waals surface area contributed by atoms with Crippen molar-refractivity contribution in [1.82, 2.24) is 5.32 Å². The van der Waals surface area contributed by atoms with E-state index in [9.17, 15) is 9.90 Å². The lowest BCUT2D eigenvalue weighted by atomic mass is 10.1. The normalized spacial score (nSPS) is 39.2. The molecule has 0 amide bonds. The Balaban J connectivity index is 1.92. The highest BCUT2D eigenvalue weighted by Crippen LogP contribution is 2.47. The van der Waals surface area contributed by atoms with Crippen LogP contribution in [0.2, 0.25) is 0 Å². The van der Waals surface area contributed by atoms with Crippen LogP contribution in [0.5, 0.6) is 0 Å². The molecule has 0 spiro atoms. The monoisotopic (exact) mass is 257 g/mol. The minimum absolute atomic E-state index is 0.0562. The van der Waals surface area contributed by atoms with Crippen molar-refractivity contribution in [1.29, 1.82) is 0 Å². The van der Waals surface area contributed by atoms with Gasteiger partial charge in [-0.1, -0.05) is 13.3 Å². The molecular formula is C13H23NO4. The maximum Gasteiger partial charge on any atom is 0.324 e. The molecule has 1 aliphatic heterocycles. The molecule has 2 rings (SSSR count). The molecule has 0 aromatic carbocycles. The number of carbonyl (C=O) groups is 1. The van der Waals surface area contributed by atoms with Crippen LogP contribution in [-0.2, 0) is 14.3 Å². The second kappa shape index (κ2) is 4.47. The van der Waals surface area contributed by atoms with Crippen LogP contribution in [0.1, 0.15) is 40.5 Å². The fourth-order valence-corrected chi connectivity index (χ4v) is 2.53. The molecule has 1 saturated carbocycles. The van der Waals surface area contributed by atoms with Crippen molar-refractivity contribution in [3.63, 3.8) is 0 Å². The largest absolute Gasteiger partial charge is 0.480 e. The van der Waals surface area contributed by atoms with Crippen LogP contribution < -0.4 is 5.32 Å². The van der Waals surface area contributed by atoms with Gasteiger partial charge in [-0.15, -0.1) is 0 Å². The lowest BCUT2D eigenvalue weighted by Crippen LogP contribution is -2.62. The first-order valence-corrected chi connectivity index (χ1v) is 6.59. The zero-order valence-corrected chi connectivity index (χ0v) is 11.5. The van der Waals surface area contributed by atoms with E-state index in [1.807, 2.05) is 27.7 Å². The number of carboxylic acid groups (broad SMARTS) is 1. The molecule has 2 fully saturated rings. The Morgan fingerprint density at radius 1 is 1.56 bits per heavy atom. The highest BCUT2D eigenvalue weighted by atomic mass is 16.6. The second-order valence-corrected chi connectivity index (χ2v) is 6.25. The molecule has 2 N–H and O–H groups in total. The van der Waals surface area contributed by atoms with Crippen LogP contribution in [0.4, 0.5) is 0 Å². The summed E-state index contributed by atoms with van der Waals surface area (Å²) in [5, 5.41) is 12.5. The van der Waals surface area contributed by atoms with E-state index in [1.165, 1.54) is 0 Å². The van der Waals surface area contributed by atoms with Gasteiger partial charge in [0.2, 0.25) is 0 Å². The van der Waals surface area contributed by atoms with E-state index in [-0.39, 0.29) is 23.9 Å². The van der Waals surface area contributed by atoms with Crippen molar-refractivity contribution in [2.75, 3.05) is 6.61 Å². The van der Waals surface area contributed by atoms with Crippen molar-refractivity contribution in [3.05, 3.63) is 0 Å². The van der Waals surface area contributed by atoms with E-state index in [2.05, 4.69) is 5.32 Å². The molecule has 0 bridgehead atoms. The van der Waals surface area contributed by atoms with Crippen LogP contribution in [0.15, 0.2) is 0 Å². The highest BCUT2D eigenvalue weighted by molar-refractivity contribution is 5.83. The third-order valence-electron chi connectivity index (χ3n) is 3.66. The first-order chi connectivity index (χ1) is 8.28. The van der Waals surface area contributed by atoms with Gasteiger partial charge in [0.1, 0.15) is 17.9 Å². The van der Waals surface area contributed by atoms with Gasteiger partial charge in [-0.3, -0.25) is 10.1 Å². The molecule has 0 aromatic rings. The summed E-state index contributed by atoms with van der Waals surface area (Å²) in [6.07, 6.45) is 1.20. The van der Waals surface area contributed by atoms with E-state index < -0.39 is 11.5 Å². The molecule has 0 aromatic heterocycles. The first kappa shape index (κ1) is 13.8. The Labute approximate surface area is 108 Å². The summed E-state index contributed by atoms with van der Waals surface area (Å²) in [7, 11) is 0. The van der Waals surface area contributed by atoms with E-state index in [0.717, 1.165) is 6.42 Å². The molecule has 5 heteroatoms. The van der Waals surface area contributed by atoms with E-state index in [4.69, 9.17) is 9.47 Å². The second-order valence-electron chi connectivity index (χ2n) is 6.25. The molecule has 1 saturated heterocycles. The van der Waals surface area contributed by atoms with Gasteiger partial charge in [-0.25, -0.2) is 0 Å². The van der Waals surface area contributed by atoms with Crippen LogP contribution in [-0.4, -0.2) is 41.2 Å². The molecule has 104 valence electrons. The maximum absolute atomic E-state index is 11.4. The minimum atomic E-state index is -0.792. The van der Waals surface area contributed by atoms with Gasteiger partial charge in [0, 0.05) is 0 Å². The molecule has 0 radical (unpaired) electrons. The molecule has 18 heavy (non-hydrogen) atoms. The summed E-state index contributed by atoms with van der Waals surface area (Å²) in [4.78, 5) is 11.4. The van der Waals surface area contributed by atoms with Crippen molar-refractivity contribution >= 4 is 5.97 Å². The van der Waals surface area contributed by atoms with Crippen molar-refractivity contribution in [3.8, 4) is 0 Å². The third kappa shape index (κ3) is 2.53. The Hall–Kier alpha value is -0.650. The van der Waals surface area contributed by atoms with Gasteiger partial charge in [-0.05, 0) is 33.1 Å². The van der Waals surface area contributed by atoms with Gasteiger partial charge >= 0.3 is 5.97 Å². The van der Waals surface area contributed by atoms with Crippen LogP contribution in [0.25, 0.3) is 0 Å². The summed E-state index contributed by atoms with van der Waals surface area (Å²) in [5.41, 5.74) is -1.03. The average molecular weight is 257 g/mol. The summed E-state index contributed by atoms with van der Waals surface area (Å²) >= 11 is 0. The number of nitrogens with one attached hydrogen (secondary N) is 1. The highest BCUT2D eigenvalue weighted by Gasteiger charge is 2.61. The van der Waals surface area contributed by atoms with Gasteiger partial charge in [0.05, 0.1) is 12.2 Å². The Bertz CT molecular complexity index is 338. The van der Waals surface area contributed by atoms with Crippen molar-refractivity contribution in [2.45, 2.75) is 64.0 Å². The van der Waals surface area contributed by atoms with Gasteiger partial charge in [-0.2, -0.15) is 0 Å².